The molecule has 0 aliphatic rings. The second kappa shape index (κ2) is 7.50. The van der Waals surface area contributed by atoms with Crippen molar-refractivity contribution in [3.05, 3.63) is 28.5 Å². The van der Waals surface area contributed by atoms with Crippen molar-refractivity contribution in [2.24, 2.45) is 0 Å². The van der Waals surface area contributed by atoms with Crippen LogP contribution in [0.25, 0.3) is 0 Å². The molecule has 0 heterocycles. The predicted octanol–water partition coefficient (Wildman–Crippen LogP) is 1.56. The van der Waals surface area contributed by atoms with Gasteiger partial charge in [0.2, 0.25) is 0 Å². The van der Waals surface area contributed by atoms with E-state index in [4.69, 9.17) is 16.3 Å². The zero-order valence-electron chi connectivity index (χ0n) is 10.2. The third-order valence-electron chi connectivity index (χ3n) is 2.21. The molecule has 0 saturated carbocycles. The molecule has 1 unspecified atom stereocenters. The van der Waals surface area contributed by atoms with Gasteiger partial charge in [0.05, 0.1) is 4.47 Å². The molecule has 20 heavy (non-hydrogen) atoms. The fourth-order valence-corrected chi connectivity index (χ4v) is 1.75. The largest absolute Gasteiger partial charge is 0.483 e. The first-order valence-corrected chi connectivity index (χ1v) is 6.27. The van der Waals surface area contributed by atoms with Gasteiger partial charge < -0.3 is 15.2 Å². The van der Waals surface area contributed by atoms with Crippen LogP contribution in [-0.2, 0) is 9.59 Å². The van der Waals surface area contributed by atoms with Crippen molar-refractivity contribution >= 4 is 27.8 Å². The highest BCUT2D eigenvalue weighted by Crippen LogP contribution is 2.25. The molecular formula is C13H11BrFNO4. The van der Waals surface area contributed by atoms with Crippen LogP contribution in [0.4, 0.5) is 4.39 Å². The van der Waals surface area contributed by atoms with Crippen molar-refractivity contribution in [2.45, 2.75) is 12.5 Å². The number of amides is 1. The summed E-state index contributed by atoms with van der Waals surface area (Å²) in [5, 5.41) is 11.0. The Labute approximate surface area is 123 Å². The summed E-state index contributed by atoms with van der Waals surface area (Å²) >= 11 is 3.08. The maximum absolute atomic E-state index is 12.8. The molecule has 0 aromatic heterocycles. The second-order valence-electron chi connectivity index (χ2n) is 3.73. The highest BCUT2D eigenvalue weighted by Gasteiger charge is 2.19. The molecule has 0 radical (unpaired) electrons. The van der Waals surface area contributed by atoms with Crippen LogP contribution in [0.15, 0.2) is 22.7 Å². The molecule has 0 aliphatic carbocycles. The van der Waals surface area contributed by atoms with Crippen LogP contribution in [0.1, 0.15) is 6.42 Å². The Morgan fingerprint density at radius 1 is 1.55 bits per heavy atom. The number of aliphatic carboxylic acids is 1. The third-order valence-corrected chi connectivity index (χ3v) is 2.83. The minimum atomic E-state index is -1.22. The van der Waals surface area contributed by atoms with Gasteiger partial charge in [0, 0.05) is 6.42 Å². The van der Waals surface area contributed by atoms with E-state index in [0.29, 0.717) is 4.47 Å². The standard InChI is InChI=1S/C13H11BrFNO4/c1-2-3-10(13(18)19)16-12(17)7-20-11-5-4-8(15)6-9(11)14/h1,4-6,10H,3,7H2,(H,16,17)(H,18,19). The minimum absolute atomic E-state index is 0.124. The van der Waals surface area contributed by atoms with E-state index in [-0.39, 0.29) is 12.2 Å². The lowest BCUT2D eigenvalue weighted by atomic mass is 10.2. The van der Waals surface area contributed by atoms with Gasteiger partial charge in [0.25, 0.3) is 5.91 Å². The number of carboxylic acids is 1. The van der Waals surface area contributed by atoms with Crippen LogP contribution >= 0.6 is 15.9 Å². The molecule has 5 nitrogen and oxygen atoms in total. The summed E-state index contributed by atoms with van der Waals surface area (Å²) in [5.74, 6) is 0.118. The van der Waals surface area contributed by atoms with Gasteiger partial charge in [0.1, 0.15) is 17.6 Å². The van der Waals surface area contributed by atoms with Crippen molar-refractivity contribution in [3.8, 4) is 18.1 Å². The molecule has 1 atom stereocenters. The van der Waals surface area contributed by atoms with Gasteiger partial charge in [0.15, 0.2) is 6.61 Å². The number of carboxylic acid groups (broad SMARTS) is 1. The fraction of sp³-hybridized carbons (Fsp3) is 0.231. The number of halogens is 2. The molecule has 1 rings (SSSR count). The maximum atomic E-state index is 12.8. The number of hydrogen-bond donors (Lipinski definition) is 2. The Morgan fingerprint density at radius 3 is 2.80 bits per heavy atom. The van der Waals surface area contributed by atoms with Gasteiger partial charge in [-0.05, 0) is 34.1 Å². The van der Waals surface area contributed by atoms with E-state index in [2.05, 4.69) is 27.2 Å². The molecule has 0 bridgehead atoms. The first-order valence-electron chi connectivity index (χ1n) is 5.47. The number of terminal acetylenes is 1. The van der Waals surface area contributed by atoms with Crippen molar-refractivity contribution < 1.29 is 23.8 Å². The fourth-order valence-electron chi connectivity index (χ4n) is 1.29. The Hall–Kier alpha value is -2.07. The summed E-state index contributed by atoms with van der Waals surface area (Å²) in [5.41, 5.74) is 0. The van der Waals surface area contributed by atoms with Gasteiger partial charge >= 0.3 is 5.97 Å². The quantitative estimate of drug-likeness (QED) is 0.768. The average Bonchev–Trinajstić information content (AvgIpc) is 2.37. The number of carbonyl (C=O) groups excluding carboxylic acids is 1. The lowest BCUT2D eigenvalue weighted by molar-refractivity contribution is -0.141. The van der Waals surface area contributed by atoms with E-state index in [1.54, 1.807) is 0 Å². The molecule has 0 aliphatic heterocycles. The van der Waals surface area contributed by atoms with Crippen LogP contribution in [0.3, 0.4) is 0 Å². The Balaban J connectivity index is 2.55. The summed E-state index contributed by atoms with van der Waals surface area (Å²) in [6.45, 7) is -0.404. The van der Waals surface area contributed by atoms with Crippen LogP contribution in [-0.4, -0.2) is 29.6 Å². The van der Waals surface area contributed by atoms with Crippen molar-refractivity contribution in [1.82, 2.24) is 5.32 Å². The SMILES string of the molecule is C#CCC(NC(=O)COc1ccc(F)cc1Br)C(=O)O. The van der Waals surface area contributed by atoms with Gasteiger partial charge in [-0.15, -0.1) is 12.3 Å². The number of nitrogens with one attached hydrogen (secondary N) is 1. The summed E-state index contributed by atoms with van der Waals surface area (Å²) in [4.78, 5) is 22.3. The molecule has 1 aromatic rings. The highest BCUT2D eigenvalue weighted by molar-refractivity contribution is 9.10. The van der Waals surface area contributed by atoms with Crippen LogP contribution in [0.2, 0.25) is 0 Å². The topological polar surface area (TPSA) is 75.6 Å². The van der Waals surface area contributed by atoms with Crippen molar-refractivity contribution in [1.29, 1.82) is 0 Å². The first-order chi connectivity index (χ1) is 9.43. The van der Waals surface area contributed by atoms with E-state index in [1.807, 2.05) is 0 Å². The van der Waals surface area contributed by atoms with Gasteiger partial charge in [-0.2, -0.15) is 0 Å². The number of carbonyl (C=O) groups is 2. The Kier molecular flexibility index (Phi) is 6.00. The number of benzene rings is 1. The Morgan fingerprint density at radius 2 is 2.25 bits per heavy atom. The molecule has 7 heteroatoms. The lowest BCUT2D eigenvalue weighted by Crippen LogP contribution is -2.42. The minimum Gasteiger partial charge on any atom is -0.483 e. The van der Waals surface area contributed by atoms with Gasteiger partial charge in [-0.25, -0.2) is 9.18 Å². The molecule has 106 valence electrons. The molecule has 1 amide bonds. The average molecular weight is 344 g/mol. The second-order valence-corrected chi connectivity index (χ2v) is 4.58. The van der Waals surface area contributed by atoms with Crippen molar-refractivity contribution in [3.63, 3.8) is 0 Å². The molecular weight excluding hydrogens is 333 g/mol. The van der Waals surface area contributed by atoms with E-state index < -0.39 is 30.3 Å². The van der Waals surface area contributed by atoms with Gasteiger partial charge in [-0.1, -0.05) is 0 Å². The van der Waals surface area contributed by atoms with Crippen LogP contribution in [0, 0.1) is 18.2 Å². The van der Waals surface area contributed by atoms with E-state index >= 15 is 0 Å². The zero-order chi connectivity index (χ0) is 15.1. The highest BCUT2D eigenvalue weighted by atomic mass is 79.9. The van der Waals surface area contributed by atoms with Crippen molar-refractivity contribution in [2.75, 3.05) is 6.61 Å². The number of hydrogen-bond acceptors (Lipinski definition) is 3. The maximum Gasteiger partial charge on any atom is 0.327 e. The number of rotatable bonds is 6. The molecule has 0 fully saturated rings. The predicted molar refractivity (Wildman–Crippen MR) is 72.6 cm³/mol. The lowest BCUT2D eigenvalue weighted by Gasteiger charge is -2.13. The van der Waals surface area contributed by atoms with E-state index in [0.717, 1.165) is 0 Å². The van der Waals surface area contributed by atoms with E-state index in [9.17, 15) is 14.0 Å². The third kappa shape index (κ3) is 4.90. The molecule has 0 saturated heterocycles. The smallest absolute Gasteiger partial charge is 0.327 e. The zero-order valence-corrected chi connectivity index (χ0v) is 11.8. The number of ether oxygens (including phenoxy) is 1. The summed E-state index contributed by atoms with van der Waals surface area (Å²) in [6, 6.07) is 2.55. The normalized spacial score (nSPS) is 11.2. The monoisotopic (exact) mass is 343 g/mol. The first kappa shape index (κ1) is 16.0. The Bertz CT molecular complexity index is 556. The van der Waals surface area contributed by atoms with Crippen LogP contribution in [0.5, 0.6) is 5.75 Å². The molecule has 1 aromatic carbocycles. The molecule has 0 spiro atoms. The van der Waals surface area contributed by atoms with E-state index in [1.165, 1.54) is 18.2 Å². The summed E-state index contributed by atoms with van der Waals surface area (Å²) in [7, 11) is 0. The molecule has 2 N–H and O–H groups in total. The van der Waals surface area contributed by atoms with Crippen LogP contribution < -0.4 is 10.1 Å². The summed E-state index contributed by atoms with van der Waals surface area (Å²) < 4.78 is 18.3. The van der Waals surface area contributed by atoms with Gasteiger partial charge in [-0.3, -0.25) is 4.79 Å². The summed E-state index contributed by atoms with van der Waals surface area (Å²) in [6.07, 6.45) is 4.88.